The lowest BCUT2D eigenvalue weighted by Crippen LogP contribution is -2.44. The molecular formula is C57H111N3O8. The van der Waals surface area contributed by atoms with E-state index in [1.807, 2.05) is 39.8 Å². The van der Waals surface area contributed by atoms with E-state index in [0.717, 1.165) is 64.2 Å². The minimum Gasteiger partial charge on any atom is -0.465 e. The van der Waals surface area contributed by atoms with E-state index < -0.39 is 17.8 Å². The number of nitrogens with zero attached hydrogens (tertiary/aromatic N) is 2. The fraction of sp³-hybridized carbons (Fsp3) is 0.930. The van der Waals surface area contributed by atoms with Gasteiger partial charge in [0, 0.05) is 26.2 Å². The number of esters is 2. The highest BCUT2D eigenvalue weighted by atomic mass is 16.6. The van der Waals surface area contributed by atoms with Gasteiger partial charge >= 0.3 is 24.1 Å². The van der Waals surface area contributed by atoms with Crippen LogP contribution in [0.5, 0.6) is 0 Å². The molecule has 11 heteroatoms. The molecule has 0 aromatic heterocycles. The van der Waals surface area contributed by atoms with Crippen molar-refractivity contribution in [2.24, 2.45) is 11.8 Å². The molecule has 68 heavy (non-hydrogen) atoms. The Morgan fingerprint density at radius 1 is 0.456 bits per heavy atom. The molecular weight excluding hydrogens is 855 g/mol. The van der Waals surface area contributed by atoms with Gasteiger partial charge in [-0.05, 0) is 99.1 Å². The van der Waals surface area contributed by atoms with Crippen LogP contribution in [0.3, 0.4) is 0 Å². The fourth-order valence-electron chi connectivity index (χ4n) is 8.66. The Hall–Kier alpha value is -2.56. The summed E-state index contributed by atoms with van der Waals surface area (Å²) in [7, 11) is 3.90. The number of rotatable bonds is 47. The maximum absolute atomic E-state index is 13.4. The zero-order valence-corrected chi connectivity index (χ0v) is 46.2. The number of hydrogen-bond acceptors (Lipinski definition) is 9. The van der Waals surface area contributed by atoms with Gasteiger partial charge in [0.15, 0.2) is 0 Å². The highest BCUT2D eigenvalue weighted by Gasteiger charge is 2.24. The predicted octanol–water partition coefficient (Wildman–Crippen LogP) is 15.5. The number of ether oxygens (including phenoxy) is 4. The van der Waals surface area contributed by atoms with E-state index in [1.54, 1.807) is 4.90 Å². The first-order valence-electron chi connectivity index (χ1n) is 28.7. The Labute approximate surface area is 419 Å². The van der Waals surface area contributed by atoms with Crippen molar-refractivity contribution < 1.29 is 38.1 Å². The van der Waals surface area contributed by atoms with E-state index in [4.69, 9.17) is 18.9 Å². The summed E-state index contributed by atoms with van der Waals surface area (Å²) in [5.74, 6) is -0.171. The third-order valence-corrected chi connectivity index (χ3v) is 13.0. The molecule has 0 aromatic carbocycles. The van der Waals surface area contributed by atoms with Crippen LogP contribution < -0.4 is 5.32 Å². The molecule has 2 amide bonds. The first-order chi connectivity index (χ1) is 32.8. The average molecular weight is 967 g/mol. The van der Waals surface area contributed by atoms with Crippen LogP contribution in [0.2, 0.25) is 0 Å². The van der Waals surface area contributed by atoms with Crippen LogP contribution in [0.1, 0.15) is 267 Å². The maximum Gasteiger partial charge on any atom is 0.410 e. The highest BCUT2D eigenvalue weighted by Crippen LogP contribution is 2.23. The van der Waals surface area contributed by atoms with Crippen molar-refractivity contribution in [3.8, 4) is 0 Å². The molecule has 0 unspecified atom stereocenters. The van der Waals surface area contributed by atoms with Gasteiger partial charge in [0.05, 0.1) is 25.0 Å². The Kier molecular flexibility index (Phi) is 43.9. The van der Waals surface area contributed by atoms with Crippen LogP contribution in [-0.4, -0.2) is 99.1 Å². The summed E-state index contributed by atoms with van der Waals surface area (Å²) in [5.41, 5.74) is -0.630. The average Bonchev–Trinajstić information content (AvgIpc) is 3.29. The third-order valence-electron chi connectivity index (χ3n) is 13.0. The van der Waals surface area contributed by atoms with Crippen LogP contribution in [0.4, 0.5) is 9.59 Å². The largest absolute Gasteiger partial charge is 0.465 e. The van der Waals surface area contributed by atoms with Gasteiger partial charge in [-0.2, -0.15) is 0 Å². The van der Waals surface area contributed by atoms with Crippen molar-refractivity contribution in [3.05, 3.63) is 0 Å². The number of carbonyl (C=O) groups is 4. The standard InChI is InChI=1S/C57H111N3O8/c1-10-14-18-22-26-30-38-50(39-31-27-23-19-15-11-2)53(61)65-48-36-34-42-52(67-55(63)58-44-45-60(47-46-59(8)9)56(64)68-57(5,6)7)43-35-37-49-66-54(62)51(40-32-28-24-20-16-12-3)41-33-29-25-21-17-13-4/h50-52H,10-49H2,1-9H3,(H,58,63). The van der Waals surface area contributed by atoms with Gasteiger partial charge in [-0.3, -0.25) is 9.59 Å². The Bertz CT molecular complexity index is 1100. The van der Waals surface area contributed by atoms with Crippen molar-refractivity contribution in [2.45, 2.75) is 278 Å². The van der Waals surface area contributed by atoms with Crippen LogP contribution in [0.25, 0.3) is 0 Å². The number of alkyl carbamates (subject to hydrolysis) is 1. The van der Waals surface area contributed by atoms with Gasteiger partial charge in [-0.1, -0.05) is 182 Å². The molecule has 0 fully saturated rings. The molecule has 0 aliphatic carbocycles. The summed E-state index contributed by atoms with van der Waals surface area (Å²) in [5, 5.41) is 2.87. The highest BCUT2D eigenvalue weighted by molar-refractivity contribution is 5.72. The zero-order valence-electron chi connectivity index (χ0n) is 46.2. The summed E-state index contributed by atoms with van der Waals surface area (Å²) in [6.45, 7) is 16.8. The fourth-order valence-corrected chi connectivity index (χ4v) is 8.66. The van der Waals surface area contributed by atoms with Gasteiger partial charge in [0.2, 0.25) is 0 Å². The molecule has 0 saturated heterocycles. The molecule has 11 nitrogen and oxygen atoms in total. The Morgan fingerprint density at radius 3 is 1.16 bits per heavy atom. The van der Waals surface area contributed by atoms with E-state index in [1.165, 1.54) is 128 Å². The zero-order chi connectivity index (χ0) is 50.5. The molecule has 0 radical (unpaired) electrons. The van der Waals surface area contributed by atoms with E-state index >= 15 is 0 Å². The van der Waals surface area contributed by atoms with Gasteiger partial charge < -0.3 is 34.1 Å². The van der Waals surface area contributed by atoms with E-state index in [2.05, 4.69) is 33.0 Å². The third kappa shape index (κ3) is 41.2. The lowest BCUT2D eigenvalue weighted by atomic mass is 9.94. The van der Waals surface area contributed by atoms with Gasteiger partial charge in [-0.15, -0.1) is 0 Å². The number of hydrogen-bond donors (Lipinski definition) is 1. The van der Waals surface area contributed by atoms with Gasteiger partial charge in [0.25, 0.3) is 0 Å². The van der Waals surface area contributed by atoms with Gasteiger partial charge in [0.1, 0.15) is 11.7 Å². The number of nitrogens with one attached hydrogen (secondary N) is 1. The molecule has 0 spiro atoms. The number of carbonyl (C=O) groups excluding carboxylic acids is 4. The number of amides is 2. The molecule has 0 bridgehead atoms. The summed E-state index contributed by atoms with van der Waals surface area (Å²) >= 11 is 0. The van der Waals surface area contributed by atoms with Crippen LogP contribution in [0, 0.1) is 11.8 Å². The summed E-state index contributed by atoms with van der Waals surface area (Å²) in [6.07, 6.45) is 35.6. The Balaban J connectivity index is 5.47. The summed E-state index contributed by atoms with van der Waals surface area (Å²) < 4.78 is 23.5. The molecule has 0 rings (SSSR count). The van der Waals surface area contributed by atoms with E-state index in [0.29, 0.717) is 52.0 Å². The van der Waals surface area contributed by atoms with Crippen molar-refractivity contribution >= 4 is 24.1 Å². The lowest BCUT2D eigenvalue weighted by molar-refractivity contribution is -0.150. The van der Waals surface area contributed by atoms with Crippen molar-refractivity contribution in [1.82, 2.24) is 15.1 Å². The minimum atomic E-state index is -0.630. The molecule has 402 valence electrons. The van der Waals surface area contributed by atoms with Gasteiger partial charge in [-0.25, -0.2) is 9.59 Å². The molecule has 1 N–H and O–H groups in total. The van der Waals surface area contributed by atoms with Crippen LogP contribution in [0.15, 0.2) is 0 Å². The van der Waals surface area contributed by atoms with Crippen molar-refractivity contribution in [3.63, 3.8) is 0 Å². The van der Waals surface area contributed by atoms with Crippen LogP contribution in [-0.2, 0) is 28.5 Å². The number of likely N-dealkylation sites (N-methyl/N-ethyl adjacent to an activating group) is 1. The summed E-state index contributed by atoms with van der Waals surface area (Å²) in [4.78, 5) is 56.6. The lowest BCUT2D eigenvalue weighted by Gasteiger charge is -2.28. The predicted molar refractivity (Wildman–Crippen MR) is 283 cm³/mol. The molecule has 0 saturated carbocycles. The molecule has 0 heterocycles. The van der Waals surface area contributed by atoms with Crippen LogP contribution >= 0.6 is 0 Å². The van der Waals surface area contributed by atoms with Crippen molar-refractivity contribution in [1.29, 1.82) is 0 Å². The maximum atomic E-state index is 13.4. The van der Waals surface area contributed by atoms with E-state index in [-0.39, 0.29) is 43.0 Å². The molecule has 0 atom stereocenters. The first kappa shape index (κ1) is 65.4. The smallest absolute Gasteiger partial charge is 0.410 e. The quantitative estimate of drug-likeness (QED) is 0.0361. The minimum absolute atomic E-state index is 0.0308. The normalized spacial score (nSPS) is 11.8. The summed E-state index contributed by atoms with van der Waals surface area (Å²) in [6, 6.07) is 0. The second-order valence-corrected chi connectivity index (χ2v) is 21.2. The molecule has 0 aliphatic rings. The number of unbranched alkanes of at least 4 members (excludes halogenated alkanes) is 22. The SMILES string of the molecule is CCCCCCCCC(CCCCCCCC)C(=O)OCCCCC(CCCCOC(=O)C(CCCCCCCC)CCCCCCCC)OC(=O)NCCN(CCN(C)C)C(=O)OC(C)(C)C. The van der Waals surface area contributed by atoms with Crippen molar-refractivity contribution in [2.75, 3.05) is 53.5 Å². The second-order valence-electron chi connectivity index (χ2n) is 21.2. The van der Waals surface area contributed by atoms with E-state index in [9.17, 15) is 19.2 Å². The monoisotopic (exact) mass is 966 g/mol. The topological polar surface area (TPSA) is 124 Å². The Morgan fingerprint density at radius 2 is 0.809 bits per heavy atom. The molecule has 0 aromatic rings. The molecule has 0 aliphatic heterocycles. The first-order valence-corrected chi connectivity index (χ1v) is 28.7. The second kappa shape index (κ2) is 45.6.